The predicted molar refractivity (Wildman–Crippen MR) is 531 cm³/mol. The lowest BCUT2D eigenvalue weighted by atomic mass is 9.77. The van der Waals surface area contributed by atoms with Crippen LogP contribution in [0.1, 0.15) is 301 Å². The van der Waals surface area contributed by atoms with Crippen molar-refractivity contribution in [1.29, 1.82) is 0 Å². The number of alkyl halides is 6. The van der Waals surface area contributed by atoms with Crippen LogP contribution >= 0.6 is 34.8 Å². The predicted octanol–water partition coefficient (Wildman–Crippen LogP) is 25.4. The Morgan fingerprint density at radius 2 is 0.576 bits per heavy atom. The molecular weight excluding hydrogens is 1830 g/mol. The van der Waals surface area contributed by atoms with Gasteiger partial charge in [0.1, 0.15) is 39.8 Å². The summed E-state index contributed by atoms with van der Waals surface area (Å²) < 4.78 is 117. The van der Waals surface area contributed by atoms with Gasteiger partial charge in [-0.3, -0.25) is 4.98 Å². The van der Waals surface area contributed by atoms with Crippen LogP contribution in [0.4, 0.5) is 30.7 Å². The Morgan fingerprint density at radius 3 is 0.899 bits per heavy atom. The summed E-state index contributed by atoms with van der Waals surface area (Å²) >= 11 is 19.4. The number of nitrogens with zero attached hydrogens (tertiary/aromatic N) is 13. The normalized spacial score (nSPS) is 29.2. The van der Waals surface area contributed by atoms with Crippen molar-refractivity contribution in [3.05, 3.63) is 245 Å². The van der Waals surface area contributed by atoms with Gasteiger partial charge in [0.2, 0.25) is 0 Å². The third-order valence-electron chi connectivity index (χ3n) is 33.4. The highest BCUT2D eigenvalue weighted by molar-refractivity contribution is 6.32. The Labute approximate surface area is 824 Å². The summed E-state index contributed by atoms with van der Waals surface area (Å²) in [5, 5.41) is 39.5. The van der Waals surface area contributed by atoms with Crippen molar-refractivity contribution in [2.24, 2.45) is 29.2 Å². The van der Waals surface area contributed by atoms with Gasteiger partial charge < -0.3 is 59.3 Å². The third-order valence-corrected chi connectivity index (χ3v) is 34.4. The monoisotopic (exact) mass is 1960 g/mol. The zero-order chi connectivity index (χ0) is 96.5. The Morgan fingerprint density at radius 1 is 0.317 bits per heavy atom. The lowest BCUT2D eigenvalue weighted by molar-refractivity contribution is 0.0252. The van der Waals surface area contributed by atoms with E-state index in [9.17, 15) is 38.0 Å². The average molecular weight is 1960 g/mol. The number of hydrogen-bond donors (Lipinski definition) is 6. The van der Waals surface area contributed by atoms with Gasteiger partial charge in [-0.15, -0.1) is 0 Å². The molecule has 6 fully saturated rings. The number of hydrogen-bond acceptors (Lipinski definition) is 13. The summed E-state index contributed by atoms with van der Waals surface area (Å²) in [6, 6.07) is 36.8. The Hall–Kier alpha value is -9.35. The molecule has 6 aliphatic heterocycles. The maximum absolute atomic E-state index is 15.2. The minimum atomic E-state index is -1.24. The molecule has 6 unspecified atom stereocenters. The van der Waals surface area contributed by atoms with E-state index in [0.717, 1.165) is 173 Å². The number of aliphatic hydroxyl groups is 4. The molecule has 12 aliphatic rings. The van der Waals surface area contributed by atoms with Crippen molar-refractivity contribution >= 4 is 34.8 Å². The molecule has 5 aromatic carbocycles. The molecule has 6 saturated carbocycles. The van der Waals surface area contributed by atoms with Crippen molar-refractivity contribution in [1.82, 2.24) is 62.3 Å². The van der Waals surface area contributed by atoms with E-state index in [0.29, 0.717) is 152 Å². The van der Waals surface area contributed by atoms with E-state index >= 15 is 13.2 Å². The molecule has 0 spiro atoms. The minimum Gasteiger partial charge on any atom is -0.396 e. The summed E-state index contributed by atoms with van der Waals surface area (Å²) in [6.45, 7) is 0.542. The summed E-state index contributed by atoms with van der Waals surface area (Å²) in [4.78, 5) is 29.7. The lowest BCUT2D eigenvalue weighted by Gasteiger charge is -2.34. The number of imidazole rings is 6. The highest BCUT2D eigenvalue weighted by Gasteiger charge is 2.46. The number of rotatable bonds is 21. The molecule has 6 atom stereocenters. The van der Waals surface area contributed by atoms with Crippen molar-refractivity contribution < 1.29 is 51.2 Å². The van der Waals surface area contributed by atoms with Crippen molar-refractivity contribution in [3.8, 4) is 67.5 Å². The summed E-state index contributed by atoms with van der Waals surface area (Å²) in [7, 11) is 0. The van der Waals surface area contributed by atoms with Crippen LogP contribution in [0, 0.1) is 23.6 Å². The first-order valence-electron chi connectivity index (χ1n) is 50.7. The Kier molecular flexibility index (Phi) is 29.7. The van der Waals surface area contributed by atoms with E-state index in [2.05, 4.69) is 124 Å². The zero-order valence-corrected chi connectivity index (χ0v) is 81.2. The lowest BCUT2D eigenvalue weighted by Crippen LogP contribution is -2.36. The fourth-order valence-electron chi connectivity index (χ4n) is 24.9. The summed E-state index contributed by atoms with van der Waals surface area (Å²) in [5.74, 6) is 0.511. The van der Waals surface area contributed by atoms with Crippen LogP contribution in [0.15, 0.2) is 191 Å². The molecule has 139 heavy (non-hydrogen) atoms. The first-order chi connectivity index (χ1) is 67.2. The van der Waals surface area contributed by atoms with Crippen molar-refractivity contribution in [2.75, 3.05) is 19.8 Å². The summed E-state index contributed by atoms with van der Waals surface area (Å²) in [6.07, 6.45) is 46.1. The molecule has 19 nitrogen and oxygen atoms in total. The number of benzene rings is 5. The van der Waals surface area contributed by atoms with E-state index in [1.165, 1.54) is 34.5 Å². The number of halogens is 10. The Balaban J connectivity index is 0.000000106. The van der Waals surface area contributed by atoms with Gasteiger partial charge >= 0.3 is 0 Å². The van der Waals surface area contributed by atoms with E-state index in [1.54, 1.807) is 12.5 Å². The van der Waals surface area contributed by atoms with Crippen molar-refractivity contribution in [3.63, 3.8) is 0 Å². The molecule has 29 heteroatoms. The molecule has 8 N–H and O–H groups in total. The van der Waals surface area contributed by atoms with Gasteiger partial charge in [-0.2, -0.15) is 0 Å². The molecule has 6 aliphatic carbocycles. The molecule has 0 amide bonds. The average Bonchev–Trinajstić information content (AvgIpc) is 1.59. The van der Waals surface area contributed by atoms with Gasteiger partial charge in [0, 0.05) is 97.7 Å². The standard InChI is InChI=1S/3C19H22ClFN2O.2C18H22FN3.C17H19F2N3O/c3*20-15-3-1-2-14-17-10-22-12-23(17)16(18(14)15)6-9-19(21)7-4-13(11-24)5-8-19;2*19-18(8-5-13(20)6-9-18)10-7-16-14-3-1-2-4-15(14)17-11-21-12-22(16)17;18-12-4-8-21-16-13(22-10-20-9-14(22)15(12)16)3-7-17(19)5-1-11(23)2-6-17/h3*1-3,10,12-13,16,24H,4-9,11H2;2*1-4,11-13,16H,5-10,20H2;4,8-11,13,23H,1-3,5-7H2. The van der Waals surface area contributed by atoms with Crippen LogP contribution in [-0.4, -0.2) is 155 Å². The van der Waals surface area contributed by atoms with Crippen LogP contribution in [0.3, 0.4) is 0 Å². The third kappa shape index (κ3) is 20.8. The van der Waals surface area contributed by atoms with Gasteiger partial charge in [0.15, 0.2) is 0 Å². The van der Waals surface area contributed by atoms with Crippen LogP contribution in [0.2, 0.25) is 15.1 Å². The first kappa shape index (κ1) is 98.4. The smallest absolute Gasteiger partial charge is 0.136 e. The van der Waals surface area contributed by atoms with Gasteiger partial charge in [0.05, 0.1) is 163 Å². The zero-order valence-electron chi connectivity index (χ0n) is 78.9. The van der Waals surface area contributed by atoms with Crippen molar-refractivity contribution in [2.45, 2.75) is 320 Å². The molecule has 12 aromatic rings. The van der Waals surface area contributed by atoms with Gasteiger partial charge in [-0.25, -0.2) is 60.6 Å². The topological polar surface area (TPSA) is 253 Å². The highest BCUT2D eigenvalue weighted by Crippen LogP contribution is 2.55. The molecule has 0 radical (unpaired) electrons. The second-order valence-electron chi connectivity index (χ2n) is 42.0. The largest absolute Gasteiger partial charge is 0.396 e. The second-order valence-corrected chi connectivity index (χ2v) is 43.2. The summed E-state index contributed by atoms with van der Waals surface area (Å²) in [5.41, 5.74) is 24.3. The molecule has 738 valence electrons. The van der Waals surface area contributed by atoms with Crippen LogP contribution < -0.4 is 11.5 Å². The van der Waals surface area contributed by atoms with Gasteiger partial charge in [0.25, 0.3) is 0 Å². The molecular formula is C110H129Cl3F7N15O4. The molecule has 13 heterocycles. The maximum atomic E-state index is 15.2. The van der Waals surface area contributed by atoms with Gasteiger partial charge in [-0.05, 0) is 284 Å². The van der Waals surface area contributed by atoms with E-state index < -0.39 is 34.0 Å². The minimum absolute atomic E-state index is 0.0643. The molecule has 0 saturated heterocycles. The van der Waals surface area contributed by atoms with E-state index in [4.69, 9.17) is 46.3 Å². The van der Waals surface area contributed by atoms with E-state index in [1.807, 2.05) is 104 Å². The molecule has 24 rings (SSSR count). The molecule has 7 aromatic heterocycles. The highest BCUT2D eigenvalue weighted by atomic mass is 35.5. The first-order valence-corrected chi connectivity index (χ1v) is 51.8. The number of aromatic nitrogens is 13. The maximum Gasteiger partial charge on any atom is 0.136 e. The number of aliphatic hydroxyl groups excluding tert-OH is 4. The quantitative estimate of drug-likeness (QED) is 0.0367. The van der Waals surface area contributed by atoms with E-state index in [-0.39, 0.29) is 97.8 Å². The SMILES string of the molecule is NC1CCC(F)(CCC2c3ccccc3-c3cncn32)CC1.NC1CCC(F)(CCC2c3ccccc3-c3cncn32)CC1.OC1CCC(F)(CCC2c3nccc(F)c3-c3cncn32)CC1.OCC1CCC(F)(CCC2c3c(Cl)cccc3-c3cncn32)CC1.OCC1CCC(F)(CCC2c3c(Cl)cccc3-c3cncn32)CC1.OCC1CCC(F)(CCC2c3c(Cl)cccc3-c3cncn32)CC1. The van der Waals surface area contributed by atoms with Gasteiger partial charge in [-0.1, -0.05) is 120 Å². The van der Waals surface area contributed by atoms with Crippen LogP contribution in [-0.2, 0) is 0 Å². The Bertz CT molecular complexity index is 5770. The number of pyridine rings is 1. The fourth-order valence-corrected chi connectivity index (χ4v) is 25.8. The van der Waals surface area contributed by atoms with Crippen LogP contribution in [0.25, 0.3) is 67.5 Å². The second kappa shape index (κ2) is 41.9. The fraction of sp³-hybridized carbons (Fsp3) is 0.518. The number of nitrogens with two attached hydrogens (primary N) is 2. The molecule has 0 bridgehead atoms. The van der Waals surface area contributed by atoms with Crippen LogP contribution in [0.5, 0.6) is 0 Å². The number of fused-ring (bicyclic) bond motifs is 18.